The smallest absolute Gasteiger partial charge is 0.258 e. The van der Waals surface area contributed by atoms with Gasteiger partial charge in [-0.1, -0.05) is 24.3 Å². The van der Waals surface area contributed by atoms with Crippen molar-refractivity contribution in [2.75, 3.05) is 0 Å². The molecule has 20 heavy (non-hydrogen) atoms. The third-order valence-electron chi connectivity index (χ3n) is 3.00. The summed E-state index contributed by atoms with van der Waals surface area (Å²) in [5, 5.41) is 19.9. The van der Waals surface area contributed by atoms with Crippen LogP contribution in [0.2, 0.25) is 0 Å². The molecule has 0 radical (unpaired) electrons. The van der Waals surface area contributed by atoms with Crippen LogP contribution in [-0.4, -0.2) is 4.92 Å². The number of non-ortho nitro benzene ring substituents is 1. The highest BCUT2D eigenvalue weighted by Crippen LogP contribution is 2.21. The van der Waals surface area contributed by atoms with Crippen molar-refractivity contribution >= 4 is 17.3 Å². The fourth-order valence-corrected chi connectivity index (χ4v) is 1.85. The van der Waals surface area contributed by atoms with Gasteiger partial charge in [-0.25, -0.2) is 0 Å². The molecule has 0 aromatic heterocycles. The molecule has 0 spiro atoms. The van der Waals surface area contributed by atoms with E-state index in [1.54, 1.807) is 18.2 Å². The minimum atomic E-state index is -0.457. The molecule has 2 aromatic rings. The summed E-state index contributed by atoms with van der Waals surface area (Å²) in [6.07, 6.45) is 1.79. The Balaban J connectivity index is 2.41. The van der Waals surface area contributed by atoms with Gasteiger partial charge in [0.25, 0.3) is 5.69 Å². The molecule has 0 aliphatic heterocycles. The molecule has 98 valence electrons. The van der Waals surface area contributed by atoms with Gasteiger partial charge in [-0.2, -0.15) is 5.26 Å². The number of hydrogen-bond acceptors (Lipinski definition) is 3. The molecular formula is C16H12N2O2. The van der Waals surface area contributed by atoms with Gasteiger partial charge in [-0.15, -0.1) is 0 Å². The predicted octanol–water partition coefficient (Wildman–Crippen LogP) is 3.97. The first kappa shape index (κ1) is 13.5. The topological polar surface area (TPSA) is 66.9 Å². The molecule has 0 saturated heterocycles. The van der Waals surface area contributed by atoms with E-state index in [1.807, 2.05) is 31.2 Å². The molecule has 0 aliphatic carbocycles. The summed E-state index contributed by atoms with van der Waals surface area (Å²) in [6.45, 7) is 1.97. The van der Waals surface area contributed by atoms with Gasteiger partial charge in [0.15, 0.2) is 0 Å². The number of benzene rings is 2. The van der Waals surface area contributed by atoms with Crippen molar-refractivity contribution in [2.45, 2.75) is 6.92 Å². The highest BCUT2D eigenvalue weighted by molar-refractivity contribution is 5.90. The maximum Gasteiger partial charge on any atom is 0.269 e. The van der Waals surface area contributed by atoms with Crippen molar-refractivity contribution in [3.8, 4) is 6.07 Å². The van der Waals surface area contributed by atoms with E-state index >= 15 is 0 Å². The van der Waals surface area contributed by atoms with Crippen LogP contribution < -0.4 is 0 Å². The van der Waals surface area contributed by atoms with E-state index in [0.29, 0.717) is 11.1 Å². The van der Waals surface area contributed by atoms with Crippen LogP contribution in [-0.2, 0) is 0 Å². The maximum atomic E-state index is 10.6. The quantitative estimate of drug-likeness (QED) is 0.364. The SMILES string of the molecule is Cc1ccccc1/C=C(/C#N)c1ccc([N+](=O)[O-])cc1. The van der Waals surface area contributed by atoms with Crippen LogP contribution in [0.5, 0.6) is 0 Å². The van der Waals surface area contributed by atoms with E-state index in [0.717, 1.165) is 11.1 Å². The largest absolute Gasteiger partial charge is 0.269 e. The second-order valence-electron chi connectivity index (χ2n) is 4.33. The third-order valence-corrected chi connectivity index (χ3v) is 3.00. The summed E-state index contributed by atoms with van der Waals surface area (Å²) in [4.78, 5) is 10.2. The summed E-state index contributed by atoms with van der Waals surface area (Å²) < 4.78 is 0. The van der Waals surface area contributed by atoms with E-state index in [9.17, 15) is 15.4 Å². The number of nitro benzene ring substituents is 1. The number of hydrogen-bond donors (Lipinski definition) is 0. The second kappa shape index (κ2) is 5.81. The van der Waals surface area contributed by atoms with Crippen molar-refractivity contribution in [1.29, 1.82) is 5.26 Å². The monoisotopic (exact) mass is 264 g/mol. The molecule has 4 heteroatoms. The lowest BCUT2D eigenvalue weighted by Crippen LogP contribution is -1.89. The van der Waals surface area contributed by atoms with Crippen molar-refractivity contribution in [2.24, 2.45) is 0 Å². The highest BCUT2D eigenvalue weighted by Gasteiger charge is 2.07. The summed E-state index contributed by atoms with van der Waals surface area (Å²) >= 11 is 0. The second-order valence-corrected chi connectivity index (χ2v) is 4.33. The fourth-order valence-electron chi connectivity index (χ4n) is 1.85. The van der Waals surface area contributed by atoms with E-state index in [1.165, 1.54) is 12.1 Å². The standard InChI is InChI=1S/C16H12N2O2/c1-12-4-2-3-5-14(12)10-15(11-17)13-6-8-16(9-7-13)18(19)20/h2-10H,1H3/b15-10-. The van der Waals surface area contributed by atoms with Gasteiger partial charge in [0.2, 0.25) is 0 Å². The van der Waals surface area contributed by atoms with Gasteiger partial charge >= 0.3 is 0 Å². The molecule has 0 saturated carbocycles. The number of nitriles is 1. The van der Waals surface area contributed by atoms with Gasteiger partial charge in [0.1, 0.15) is 0 Å². The molecule has 0 unspecified atom stereocenters. The summed E-state index contributed by atoms with van der Waals surface area (Å²) in [5.41, 5.74) is 3.20. The van der Waals surface area contributed by atoms with Crippen molar-refractivity contribution in [1.82, 2.24) is 0 Å². The van der Waals surface area contributed by atoms with Gasteiger partial charge in [0.05, 0.1) is 16.6 Å². The molecule has 0 fully saturated rings. The molecule has 0 amide bonds. The maximum absolute atomic E-state index is 10.6. The van der Waals surface area contributed by atoms with Gasteiger partial charge < -0.3 is 0 Å². The first-order valence-corrected chi connectivity index (χ1v) is 6.04. The van der Waals surface area contributed by atoms with E-state index in [2.05, 4.69) is 6.07 Å². The first-order valence-electron chi connectivity index (χ1n) is 6.04. The van der Waals surface area contributed by atoms with Crippen LogP contribution in [0.25, 0.3) is 11.6 Å². The number of aryl methyl sites for hydroxylation is 1. The van der Waals surface area contributed by atoms with Gasteiger partial charge in [-0.05, 0) is 41.8 Å². The first-order chi connectivity index (χ1) is 9.61. The lowest BCUT2D eigenvalue weighted by Gasteiger charge is -2.02. The summed E-state index contributed by atoms with van der Waals surface area (Å²) in [6, 6.07) is 15.9. The molecule has 0 N–H and O–H groups in total. The third kappa shape index (κ3) is 2.90. The molecule has 2 rings (SSSR count). The molecule has 0 atom stereocenters. The average molecular weight is 264 g/mol. The Morgan fingerprint density at radius 2 is 1.85 bits per heavy atom. The van der Waals surface area contributed by atoms with Crippen LogP contribution in [0.3, 0.4) is 0 Å². The van der Waals surface area contributed by atoms with Crippen LogP contribution in [0, 0.1) is 28.4 Å². The number of nitro groups is 1. The van der Waals surface area contributed by atoms with E-state index < -0.39 is 4.92 Å². The van der Waals surface area contributed by atoms with Gasteiger partial charge in [-0.3, -0.25) is 10.1 Å². The molecule has 4 nitrogen and oxygen atoms in total. The number of nitrogens with zero attached hydrogens (tertiary/aromatic N) is 2. The molecule has 0 aliphatic rings. The lowest BCUT2D eigenvalue weighted by atomic mass is 10.0. The van der Waals surface area contributed by atoms with Crippen molar-refractivity contribution in [3.05, 3.63) is 75.3 Å². The molecule has 2 aromatic carbocycles. The molecule has 0 heterocycles. The minimum Gasteiger partial charge on any atom is -0.258 e. The fraction of sp³-hybridized carbons (Fsp3) is 0.0625. The number of rotatable bonds is 3. The average Bonchev–Trinajstić information content (AvgIpc) is 2.46. The lowest BCUT2D eigenvalue weighted by molar-refractivity contribution is -0.384. The summed E-state index contributed by atoms with van der Waals surface area (Å²) in [5.74, 6) is 0. The van der Waals surface area contributed by atoms with E-state index in [-0.39, 0.29) is 5.69 Å². The predicted molar refractivity (Wildman–Crippen MR) is 77.8 cm³/mol. The Morgan fingerprint density at radius 3 is 2.40 bits per heavy atom. The Labute approximate surface area is 116 Å². The Hall–Kier alpha value is -2.93. The van der Waals surface area contributed by atoms with Crippen LogP contribution >= 0.6 is 0 Å². The van der Waals surface area contributed by atoms with Crippen molar-refractivity contribution in [3.63, 3.8) is 0 Å². The minimum absolute atomic E-state index is 0.0157. The highest BCUT2D eigenvalue weighted by atomic mass is 16.6. The van der Waals surface area contributed by atoms with Crippen LogP contribution in [0.1, 0.15) is 16.7 Å². The zero-order chi connectivity index (χ0) is 14.5. The van der Waals surface area contributed by atoms with Crippen molar-refractivity contribution < 1.29 is 4.92 Å². The normalized spacial score (nSPS) is 10.9. The van der Waals surface area contributed by atoms with Gasteiger partial charge in [0, 0.05) is 12.1 Å². The Bertz CT molecular complexity index is 710. The van der Waals surface area contributed by atoms with Crippen LogP contribution in [0.4, 0.5) is 5.69 Å². The van der Waals surface area contributed by atoms with Crippen LogP contribution in [0.15, 0.2) is 48.5 Å². The summed E-state index contributed by atoms with van der Waals surface area (Å²) in [7, 11) is 0. The zero-order valence-corrected chi connectivity index (χ0v) is 10.9. The molecule has 0 bridgehead atoms. The van der Waals surface area contributed by atoms with E-state index in [4.69, 9.17) is 0 Å². The zero-order valence-electron chi connectivity index (χ0n) is 10.9. The molecular weight excluding hydrogens is 252 g/mol. The Kier molecular flexibility index (Phi) is 3.92. The Morgan fingerprint density at radius 1 is 1.20 bits per heavy atom. The number of allylic oxidation sites excluding steroid dienone is 1.